The van der Waals surface area contributed by atoms with Gasteiger partial charge in [-0.25, -0.2) is 15.4 Å². The highest BCUT2D eigenvalue weighted by Gasteiger charge is 2.44. The molecule has 0 aromatic heterocycles. The fourth-order valence-corrected chi connectivity index (χ4v) is 13.0. The Kier molecular flexibility index (Phi) is 40.7. The van der Waals surface area contributed by atoms with Crippen molar-refractivity contribution in [2.24, 2.45) is 53.0 Å². The van der Waals surface area contributed by atoms with Crippen molar-refractivity contribution in [2.45, 2.75) is 214 Å². The molecule has 1 aliphatic heterocycles. The van der Waals surface area contributed by atoms with Crippen molar-refractivity contribution in [2.75, 3.05) is 79.7 Å². The second-order valence-corrected chi connectivity index (χ2v) is 27.9. The average Bonchev–Trinajstić information content (AvgIpc) is 1.45. The fourth-order valence-electron chi connectivity index (χ4n) is 13.0. The maximum Gasteiger partial charge on any atom is 0.410 e. The molecule has 574 valence electrons. The molecular weight excluding hydrogens is 1310 g/mol. The lowest BCUT2D eigenvalue weighted by Crippen LogP contribution is -2.55. The van der Waals surface area contributed by atoms with Crippen molar-refractivity contribution in [1.82, 2.24) is 41.4 Å². The number of rotatable bonds is 49. The van der Waals surface area contributed by atoms with Gasteiger partial charge < -0.3 is 75.8 Å². The number of methoxy groups -OCH3 is 2. The summed E-state index contributed by atoms with van der Waals surface area (Å²) >= 11 is 0. The standard InChI is InChI=1S/C74H121N11O17/c1-15-49(8)67(60(98-13)43-64(91)85-37-23-28-57(85)69(99-14)50(9)70(93)79-51(10)68(92)53-25-18-16-19-26-53)83(11)72(95)56(46(2)3)42-59(87)66(48(6)7)84(12)74(97)102-44-52-31-33-55(34-32-52)80-71(94)54(27-22-35-78-73(75)96)41-58(86)65(47(4)5)81-63(90)45-101-40-39-100-38-24-36-77-61(88)29-20-17-21-30-62(89)82-76/h16,18-19,25-26,31-34,46-51,54,56-57,60,65-69,92H,15,17,20-24,27-30,35-45,76H2,1-14H3,(H,77,88)(H,79,93)(H,80,94)(H,81,90)(H,82,89)(H3,75,78,96)/t49-,50+,51+,54+,56-,57-,60+,65?,66?,67-,68+,69+/m0/s1. The largest absolute Gasteiger partial charge is 0.445 e. The molecule has 3 rings (SSSR count). The Morgan fingerprint density at radius 2 is 1.32 bits per heavy atom. The van der Waals surface area contributed by atoms with Crippen molar-refractivity contribution in [3.05, 3.63) is 65.7 Å². The molecule has 0 aliphatic carbocycles. The number of likely N-dealkylation sites (N-methyl/N-ethyl adjacent to an activating group) is 2. The maximum atomic E-state index is 14.9. The quantitative estimate of drug-likeness (QED) is 0.0153. The Bertz CT molecular complexity index is 2940. The number of carbonyl (C=O) groups is 11. The summed E-state index contributed by atoms with van der Waals surface area (Å²) in [7, 11) is 6.19. The second kappa shape index (κ2) is 46.9. The zero-order valence-corrected chi connectivity index (χ0v) is 62.9. The SMILES string of the molecule is CC[C@H](C)[C@@H]([C@@H](CC(=O)N1CCC[C@H]1[C@H](OC)[C@@H](C)C(=O)N[C@H](C)[C@@H](O)c1ccccc1)OC)N(C)C(=O)[C@@H](CC(=O)C(C(C)C)N(C)C(=O)OCc1ccc(NC(=O)[C@H](CCCNC(N)=O)CC(=O)C(NC(=O)COCCOCCCNC(=O)CCCCCC(=O)NN)C(C)C)cc1)C(C)C. The summed E-state index contributed by atoms with van der Waals surface area (Å²) in [6.07, 6.45) is 2.04. The minimum absolute atomic E-state index is 0.0732. The van der Waals surface area contributed by atoms with E-state index in [-0.39, 0.29) is 123 Å². The molecule has 0 spiro atoms. The van der Waals surface area contributed by atoms with Crippen molar-refractivity contribution >= 4 is 70.7 Å². The van der Waals surface area contributed by atoms with Crippen molar-refractivity contribution < 1.29 is 81.5 Å². The first-order chi connectivity index (χ1) is 48.4. The van der Waals surface area contributed by atoms with E-state index in [1.54, 1.807) is 94.8 Å². The van der Waals surface area contributed by atoms with Gasteiger partial charge in [0.25, 0.3) is 0 Å². The van der Waals surface area contributed by atoms with E-state index in [9.17, 15) is 57.8 Å². The lowest BCUT2D eigenvalue weighted by Gasteiger charge is -2.41. The van der Waals surface area contributed by atoms with Crippen LogP contribution in [0.3, 0.4) is 0 Å². The summed E-state index contributed by atoms with van der Waals surface area (Å²) in [5.41, 5.74) is 8.94. The van der Waals surface area contributed by atoms with Crippen LogP contribution in [0.5, 0.6) is 0 Å². The van der Waals surface area contributed by atoms with E-state index < -0.39 is 90.2 Å². The monoisotopic (exact) mass is 1440 g/mol. The molecule has 10 amide bonds. The van der Waals surface area contributed by atoms with Crippen molar-refractivity contribution in [1.29, 1.82) is 0 Å². The van der Waals surface area contributed by atoms with Crippen LogP contribution in [0.15, 0.2) is 54.6 Å². The van der Waals surface area contributed by atoms with Crippen LogP contribution < -0.4 is 43.6 Å². The van der Waals surface area contributed by atoms with Crippen LogP contribution in [-0.4, -0.2) is 202 Å². The number of aliphatic hydroxyl groups excluding tert-OH is 1. The first-order valence-corrected chi connectivity index (χ1v) is 36.2. The van der Waals surface area contributed by atoms with Crippen LogP contribution in [-0.2, 0) is 73.4 Å². The van der Waals surface area contributed by atoms with Crippen LogP contribution in [0.2, 0.25) is 0 Å². The Labute approximate surface area is 603 Å². The number of Topliss-reactive ketones (excluding diaryl/α,β-unsaturated/α-hetero) is 2. The van der Waals surface area contributed by atoms with E-state index in [0.717, 1.165) is 6.42 Å². The zero-order chi connectivity index (χ0) is 76.2. The number of nitrogens with two attached hydrogens (primary N) is 2. The van der Waals surface area contributed by atoms with Gasteiger partial charge in [0.1, 0.15) is 13.2 Å². The summed E-state index contributed by atoms with van der Waals surface area (Å²) in [5, 5.41) is 24.8. The number of nitrogens with one attached hydrogen (secondary N) is 6. The molecule has 1 fully saturated rings. The summed E-state index contributed by atoms with van der Waals surface area (Å²) in [6, 6.07) is 11.3. The molecule has 28 heteroatoms. The van der Waals surface area contributed by atoms with Crippen LogP contribution in [0.1, 0.15) is 176 Å². The van der Waals surface area contributed by atoms with Gasteiger partial charge in [-0.1, -0.05) is 118 Å². The molecule has 1 heterocycles. The zero-order valence-electron chi connectivity index (χ0n) is 62.9. The number of unbranched alkanes of at least 4 members (excludes halogenated alkanes) is 2. The molecule has 12 atom stereocenters. The Balaban J connectivity index is 1.61. The minimum atomic E-state index is -0.977. The maximum absolute atomic E-state index is 14.9. The number of ketones is 2. The predicted molar refractivity (Wildman–Crippen MR) is 386 cm³/mol. The van der Waals surface area contributed by atoms with Gasteiger partial charge in [-0.2, -0.15) is 0 Å². The van der Waals surface area contributed by atoms with Crippen LogP contribution in [0, 0.1) is 41.4 Å². The second-order valence-electron chi connectivity index (χ2n) is 27.9. The molecule has 2 aromatic rings. The van der Waals surface area contributed by atoms with E-state index >= 15 is 0 Å². The first kappa shape index (κ1) is 88.6. The van der Waals surface area contributed by atoms with Gasteiger partial charge in [-0.15, -0.1) is 0 Å². The van der Waals surface area contributed by atoms with Crippen molar-refractivity contribution in [3.8, 4) is 0 Å². The smallest absolute Gasteiger partial charge is 0.410 e. The number of anilines is 1. The topological polar surface area (TPSA) is 388 Å². The minimum Gasteiger partial charge on any atom is -0.445 e. The van der Waals surface area contributed by atoms with Gasteiger partial charge in [-0.05, 0) is 98.8 Å². The molecule has 11 N–H and O–H groups in total. The molecule has 28 nitrogen and oxygen atoms in total. The van der Waals surface area contributed by atoms with Gasteiger partial charge in [0, 0.05) is 97.8 Å². The number of carbonyl (C=O) groups excluding carboxylic acids is 11. The Hall–Kier alpha value is -7.63. The molecule has 0 bridgehead atoms. The number of ether oxygens (including phenoxy) is 5. The summed E-state index contributed by atoms with van der Waals surface area (Å²) in [4.78, 5) is 152. The molecule has 2 unspecified atom stereocenters. The number of aliphatic hydroxyl groups is 1. The molecule has 0 radical (unpaired) electrons. The summed E-state index contributed by atoms with van der Waals surface area (Å²) in [6.45, 7) is 19.4. The van der Waals surface area contributed by atoms with E-state index in [4.69, 9.17) is 35.3 Å². The number of likely N-dealkylation sites (tertiary alicyclic amines) is 1. The van der Waals surface area contributed by atoms with Gasteiger partial charge in [0.15, 0.2) is 11.6 Å². The summed E-state index contributed by atoms with van der Waals surface area (Å²) in [5.74, 6) is -1.45. The van der Waals surface area contributed by atoms with E-state index in [0.29, 0.717) is 94.3 Å². The van der Waals surface area contributed by atoms with Gasteiger partial charge >= 0.3 is 12.1 Å². The highest BCUT2D eigenvalue weighted by molar-refractivity contribution is 5.98. The lowest BCUT2D eigenvalue weighted by atomic mass is 9.83. The molecule has 2 aromatic carbocycles. The van der Waals surface area contributed by atoms with E-state index in [1.165, 1.54) is 26.2 Å². The number of benzene rings is 2. The first-order valence-electron chi connectivity index (χ1n) is 36.2. The average molecular weight is 1440 g/mol. The van der Waals surface area contributed by atoms with Gasteiger partial charge in [0.2, 0.25) is 41.4 Å². The van der Waals surface area contributed by atoms with Gasteiger partial charge in [0.05, 0.1) is 74.1 Å². The third-order valence-electron chi connectivity index (χ3n) is 19.1. The molecule has 0 saturated carbocycles. The molecule has 1 aliphatic rings. The number of nitrogens with zero attached hydrogens (tertiary/aromatic N) is 3. The number of hydrogen-bond acceptors (Lipinski definition) is 18. The number of hydrazine groups is 1. The number of amides is 10. The molecule has 102 heavy (non-hydrogen) atoms. The highest BCUT2D eigenvalue weighted by Crippen LogP contribution is 2.32. The molecule has 1 saturated heterocycles. The molecular formula is C74H121N11O17. The third-order valence-corrected chi connectivity index (χ3v) is 19.1. The van der Waals surface area contributed by atoms with Crippen LogP contribution >= 0.6 is 0 Å². The normalized spacial score (nSPS) is 16.2. The van der Waals surface area contributed by atoms with Crippen LogP contribution in [0.4, 0.5) is 15.3 Å². The van der Waals surface area contributed by atoms with Gasteiger partial charge in [-0.3, -0.25) is 48.6 Å². The highest BCUT2D eigenvalue weighted by atomic mass is 16.6. The Morgan fingerprint density at radius 1 is 0.676 bits per heavy atom. The number of hydrogen-bond donors (Lipinski definition) is 9. The Morgan fingerprint density at radius 3 is 1.92 bits per heavy atom. The van der Waals surface area contributed by atoms with E-state index in [1.807, 2.05) is 45.9 Å². The third kappa shape index (κ3) is 30.0. The number of primary amides is 1. The lowest BCUT2D eigenvalue weighted by molar-refractivity contribution is -0.149. The van der Waals surface area contributed by atoms with Crippen LogP contribution in [0.25, 0.3) is 0 Å². The van der Waals surface area contributed by atoms with E-state index in [2.05, 4.69) is 32.0 Å². The summed E-state index contributed by atoms with van der Waals surface area (Å²) < 4.78 is 28.9. The predicted octanol–water partition coefficient (Wildman–Crippen LogP) is 6.25. The number of urea groups is 1. The fraction of sp³-hybridized carbons (Fsp3) is 0.689. The van der Waals surface area contributed by atoms with Crippen molar-refractivity contribution in [3.63, 3.8) is 0 Å².